The van der Waals surface area contributed by atoms with E-state index in [1.165, 1.54) is 11.6 Å². The number of aryl methyl sites for hydroxylation is 1. The number of hydrogen-bond donors (Lipinski definition) is 2. The van der Waals surface area contributed by atoms with Crippen molar-refractivity contribution in [3.05, 3.63) is 69.2 Å². The first kappa shape index (κ1) is 20.7. The summed E-state index contributed by atoms with van der Waals surface area (Å²) in [6.07, 6.45) is 2.77. The maximum absolute atomic E-state index is 13.1. The Hall–Kier alpha value is -2.57. The summed E-state index contributed by atoms with van der Waals surface area (Å²) >= 11 is 12.2. The van der Waals surface area contributed by atoms with Crippen molar-refractivity contribution in [1.82, 2.24) is 15.5 Å². The molecule has 0 spiro atoms. The highest BCUT2D eigenvalue weighted by Gasteiger charge is 2.50. The summed E-state index contributed by atoms with van der Waals surface area (Å²) < 4.78 is 0. The zero-order valence-electron chi connectivity index (χ0n) is 16.4. The van der Waals surface area contributed by atoms with Crippen LogP contribution in [-0.2, 0) is 21.5 Å². The van der Waals surface area contributed by atoms with E-state index < -0.39 is 17.5 Å². The van der Waals surface area contributed by atoms with E-state index in [0.29, 0.717) is 10.6 Å². The number of benzene rings is 2. The van der Waals surface area contributed by atoms with E-state index in [1.807, 2.05) is 18.2 Å². The Morgan fingerprint density at radius 1 is 1.23 bits per heavy atom. The van der Waals surface area contributed by atoms with Crippen LogP contribution in [0.1, 0.15) is 42.5 Å². The summed E-state index contributed by atoms with van der Waals surface area (Å²) in [5.41, 5.74) is 1.37. The number of hydrogen-bond acceptors (Lipinski definition) is 3. The van der Waals surface area contributed by atoms with Gasteiger partial charge in [-0.2, -0.15) is 0 Å². The van der Waals surface area contributed by atoms with E-state index in [4.69, 9.17) is 23.2 Å². The number of fused-ring (bicyclic) bond motifs is 1. The molecule has 2 atom stereocenters. The fourth-order valence-electron chi connectivity index (χ4n) is 4.21. The second-order valence-corrected chi connectivity index (χ2v) is 8.63. The molecule has 0 aromatic heterocycles. The number of imide groups is 1. The molecule has 2 aliphatic rings. The Labute approximate surface area is 184 Å². The van der Waals surface area contributed by atoms with Crippen LogP contribution in [0.25, 0.3) is 0 Å². The van der Waals surface area contributed by atoms with Gasteiger partial charge in [-0.15, -0.1) is 0 Å². The standard InChI is InChI=1S/C22H21Cl2N3O3/c1-22(16-10-9-14(23)11-17(16)24)20(29)27(21(30)26-22)12-19(28)25-18-8-4-6-13-5-2-3-7-15(13)18/h2-3,5,7,9-11,18H,4,6,8,12H2,1H3,(H,25,28)(H,26,30)/t18-,22-/m1/s1. The van der Waals surface area contributed by atoms with Crippen molar-refractivity contribution >= 4 is 41.0 Å². The van der Waals surface area contributed by atoms with Gasteiger partial charge in [0.15, 0.2) is 0 Å². The Balaban J connectivity index is 1.49. The lowest BCUT2D eigenvalue weighted by molar-refractivity contribution is -0.135. The molecule has 0 radical (unpaired) electrons. The van der Waals surface area contributed by atoms with Gasteiger partial charge in [0.1, 0.15) is 12.1 Å². The van der Waals surface area contributed by atoms with Crippen molar-refractivity contribution in [2.45, 2.75) is 37.8 Å². The molecule has 1 aliphatic heterocycles. The normalized spacial score (nSPS) is 23.2. The molecule has 6 nitrogen and oxygen atoms in total. The first-order valence-corrected chi connectivity index (χ1v) is 10.5. The average Bonchev–Trinajstić information content (AvgIpc) is 2.92. The Morgan fingerprint density at radius 3 is 2.77 bits per heavy atom. The van der Waals surface area contributed by atoms with Gasteiger partial charge in [0.05, 0.1) is 6.04 Å². The zero-order valence-corrected chi connectivity index (χ0v) is 17.9. The van der Waals surface area contributed by atoms with Crippen molar-refractivity contribution < 1.29 is 14.4 Å². The Kier molecular flexibility index (Phi) is 5.47. The van der Waals surface area contributed by atoms with Crippen LogP contribution in [0.4, 0.5) is 4.79 Å². The van der Waals surface area contributed by atoms with Crippen LogP contribution in [0.15, 0.2) is 42.5 Å². The number of carbonyl (C=O) groups is 3. The lowest BCUT2D eigenvalue weighted by atomic mass is 9.88. The number of halogens is 2. The summed E-state index contributed by atoms with van der Waals surface area (Å²) in [6, 6.07) is 12.0. The largest absolute Gasteiger partial charge is 0.348 e. The van der Waals surface area contributed by atoms with Gasteiger partial charge in [-0.05, 0) is 49.4 Å². The lowest BCUT2D eigenvalue weighted by Gasteiger charge is -2.27. The zero-order chi connectivity index (χ0) is 21.5. The molecular weight excluding hydrogens is 425 g/mol. The molecule has 1 aliphatic carbocycles. The van der Waals surface area contributed by atoms with E-state index in [2.05, 4.69) is 16.7 Å². The predicted octanol–water partition coefficient (Wildman–Crippen LogP) is 3.95. The number of rotatable bonds is 4. The monoisotopic (exact) mass is 445 g/mol. The molecule has 4 amide bonds. The Morgan fingerprint density at radius 2 is 2.00 bits per heavy atom. The smallest absolute Gasteiger partial charge is 0.325 e. The minimum absolute atomic E-state index is 0.125. The van der Waals surface area contributed by atoms with Gasteiger partial charge in [-0.1, -0.05) is 53.5 Å². The van der Waals surface area contributed by atoms with Crippen LogP contribution < -0.4 is 10.6 Å². The van der Waals surface area contributed by atoms with Crippen LogP contribution >= 0.6 is 23.2 Å². The lowest BCUT2D eigenvalue weighted by Crippen LogP contribution is -2.44. The van der Waals surface area contributed by atoms with E-state index >= 15 is 0 Å². The minimum atomic E-state index is -1.36. The highest BCUT2D eigenvalue weighted by Crippen LogP contribution is 2.35. The summed E-state index contributed by atoms with van der Waals surface area (Å²) in [5, 5.41) is 6.33. The molecule has 1 heterocycles. The minimum Gasteiger partial charge on any atom is -0.348 e. The second-order valence-electron chi connectivity index (χ2n) is 7.78. The molecular formula is C22H21Cl2N3O3. The maximum Gasteiger partial charge on any atom is 0.325 e. The van der Waals surface area contributed by atoms with E-state index in [9.17, 15) is 14.4 Å². The molecule has 0 saturated carbocycles. The second kappa shape index (κ2) is 7.93. The summed E-state index contributed by atoms with van der Waals surface area (Å²) in [5.74, 6) is -0.914. The number of nitrogens with one attached hydrogen (secondary N) is 2. The summed E-state index contributed by atoms with van der Waals surface area (Å²) in [6.45, 7) is 1.21. The summed E-state index contributed by atoms with van der Waals surface area (Å²) in [4.78, 5) is 39.2. The van der Waals surface area contributed by atoms with Crippen molar-refractivity contribution in [2.75, 3.05) is 6.54 Å². The molecule has 2 aromatic rings. The SMILES string of the molecule is C[C@]1(c2ccc(Cl)cc2Cl)NC(=O)N(CC(=O)N[C@@H]2CCCc3ccccc32)C1=O. The summed E-state index contributed by atoms with van der Waals surface area (Å²) in [7, 11) is 0. The average molecular weight is 446 g/mol. The fraction of sp³-hybridized carbons (Fsp3) is 0.318. The molecule has 2 N–H and O–H groups in total. The third kappa shape index (κ3) is 3.66. The molecule has 1 fully saturated rings. The quantitative estimate of drug-likeness (QED) is 0.699. The third-order valence-corrected chi connectivity index (χ3v) is 6.30. The van der Waals surface area contributed by atoms with Gasteiger partial charge >= 0.3 is 6.03 Å². The van der Waals surface area contributed by atoms with E-state index in [0.717, 1.165) is 29.7 Å². The molecule has 156 valence electrons. The highest BCUT2D eigenvalue weighted by molar-refractivity contribution is 6.35. The maximum atomic E-state index is 13.1. The van der Waals surface area contributed by atoms with Gasteiger partial charge in [0, 0.05) is 15.6 Å². The highest BCUT2D eigenvalue weighted by atomic mass is 35.5. The number of carbonyl (C=O) groups excluding carboxylic acids is 3. The van der Waals surface area contributed by atoms with Crippen molar-refractivity contribution in [3.63, 3.8) is 0 Å². The van der Waals surface area contributed by atoms with Crippen LogP contribution in [0.2, 0.25) is 10.0 Å². The molecule has 2 aromatic carbocycles. The van der Waals surface area contributed by atoms with Crippen LogP contribution in [0.5, 0.6) is 0 Å². The van der Waals surface area contributed by atoms with Crippen molar-refractivity contribution in [1.29, 1.82) is 0 Å². The molecule has 30 heavy (non-hydrogen) atoms. The Bertz CT molecular complexity index is 1040. The molecule has 1 saturated heterocycles. The van der Waals surface area contributed by atoms with Crippen LogP contribution in [-0.4, -0.2) is 29.3 Å². The van der Waals surface area contributed by atoms with Crippen LogP contribution in [0.3, 0.4) is 0 Å². The van der Waals surface area contributed by atoms with Gasteiger partial charge < -0.3 is 10.6 Å². The first-order valence-electron chi connectivity index (χ1n) is 9.76. The number of urea groups is 1. The van der Waals surface area contributed by atoms with Gasteiger partial charge in [-0.3, -0.25) is 14.5 Å². The van der Waals surface area contributed by atoms with Gasteiger partial charge in [0.2, 0.25) is 5.91 Å². The van der Waals surface area contributed by atoms with E-state index in [1.54, 1.807) is 19.1 Å². The molecule has 8 heteroatoms. The van der Waals surface area contributed by atoms with Crippen LogP contribution in [0, 0.1) is 0 Å². The van der Waals surface area contributed by atoms with Crippen molar-refractivity contribution in [3.8, 4) is 0 Å². The number of nitrogens with zero attached hydrogens (tertiary/aromatic N) is 1. The third-order valence-electron chi connectivity index (χ3n) is 5.75. The fourth-order valence-corrected chi connectivity index (χ4v) is 4.80. The van der Waals surface area contributed by atoms with Crippen molar-refractivity contribution in [2.24, 2.45) is 0 Å². The molecule has 0 bridgehead atoms. The topological polar surface area (TPSA) is 78.5 Å². The van der Waals surface area contributed by atoms with Gasteiger partial charge in [-0.25, -0.2) is 4.79 Å². The predicted molar refractivity (Wildman–Crippen MR) is 114 cm³/mol. The molecule has 4 rings (SSSR count). The first-order chi connectivity index (χ1) is 14.3. The van der Waals surface area contributed by atoms with E-state index in [-0.39, 0.29) is 23.5 Å². The number of amides is 4. The van der Waals surface area contributed by atoms with Gasteiger partial charge in [0.25, 0.3) is 5.91 Å². The molecule has 0 unspecified atom stereocenters.